The first-order valence-corrected chi connectivity index (χ1v) is 6.81. The number of benzene rings is 2. The summed E-state index contributed by atoms with van der Waals surface area (Å²) in [4.78, 5) is 0. The molecule has 2 aromatic carbocycles. The first-order valence-electron chi connectivity index (χ1n) is 6.81. The molecule has 100 valence electrons. The number of hydrogen-bond acceptors (Lipinski definition) is 1. The van der Waals surface area contributed by atoms with E-state index in [4.69, 9.17) is 0 Å². The molecule has 2 aromatic rings. The Balaban J connectivity index is 2.28. The molecule has 0 saturated carbocycles. The first kappa shape index (κ1) is 13.8. The lowest BCUT2D eigenvalue weighted by Gasteiger charge is -2.24. The van der Waals surface area contributed by atoms with Gasteiger partial charge in [-0.3, -0.25) is 0 Å². The van der Waals surface area contributed by atoms with Crippen molar-refractivity contribution in [2.45, 2.75) is 32.0 Å². The van der Waals surface area contributed by atoms with Crippen molar-refractivity contribution in [1.82, 2.24) is 0 Å². The van der Waals surface area contributed by atoms with E-state index in [0.717, 1.165) is 11.1 Å². The van der Waals surface area contributed by atoms with Crippen molar-refractivity contribution in [3.8, 4) is 0 Å². The topological polar surface area (TPSA) is 36.8 Å². The molecule has 0 bridgehead atoms. The van der Waals surface area contributed by atoms with E-state index >= 15 is 0 Å². The summed E-state index contributed by atoms with van der Waals surface area (Å²) < 4.78 is 0. The molecular formula is C17H22NO+. The number of aliphatic hydroxyl groups is 1. The molecule has 3 N–H and O–H groups in total. The summed E-state index contributed by atoms with van der Waals surface area (Å²) in [6, 6.07) is 20.5. The van der Waals surface area contributed by atoms with E-state index in [2.05, 4.69) is 31.3 Å². The Labute approximate surface area is 115 Å². The van der Waals surface area contributed by atoms with Crippen LogP contribution in [0.15, 0.2) is 60.7 Å². The highest BCUT2D eigenvalue weighted by Gasteiger charge is 2.26. The van der Waals surface area contributed by atoms with Crippen LogP contribution in [0, 0.1) is 0 Å². The Morgan fingerprint density at radius 3 is 1.74 bits per heavy atom. The summed E-state index contributed by atoms with van der Waals surface area (Å²) >= 11 is 0. The second-order valence-electron chi connectivity index (χ2n) is 5.23. The number of quaternary nitrogens is 1. The summed E-state index contributed by atoms with van der Waals surface area (Å²) in [7, 11) is 0. The van der Waals surface area contributed by atoms with Crippen LogP contribution in [0.2, 0.25) is 0 Å². The van der Waals surface area contributed by atoms with Crippen molar-refractivity contribution in [2.24, 2.45) is 0 Å². The highest BCUT2D eigenvalue weighted by Crippen LogP contribution is 2.25. The number of nitrogens with two attached hydrogens (primary N) is 1. The van der Waals surface area contributed by atoms with Crippen molar-refractivity contribution in [3.63, 3.8) is 0 Å². The number of aliphatic hydroxyl groups excluding tert-OH is 1. The molecule has 0 amide bonds. The molecule has 0 unspecified atom stereocenters. The van der Waals surface area contributed by atoms with Crippen LogP contribution in [-0.2, 0) is 0 Å². The van der Waals surface area contributed by atoms with Gasteiger partial charge in [0, 0.05) is 5.56 Å². The fraction of sp³-hybridized carbons (Fsp3) is 0.294. The molecule has 0 fully saturated rings. The minimum atomic E-state index is -0.494. The molecule has 0 radical (unpaired) electrons. The Morgan fingerprint density at radius 1 is 0.789 bits per heavy atom. The van der Waals surface area contributed by atoms with Gasteiger partial charge in [-0.05, 0) is 19.4 Å². The van der Waals surface area contributed by atoms with Gasteiger partial charge in [0.1, 0.15) is 12.1 Å². The van der Waals surface area contributed by atoms with E-state index < -0.39 is 6.10 Å². The Morgan fingerprint density at radius 2 is 1.26 bits per heavy atom. The van der Waals surface area contributed by atoms with Gasteiger partial charge in [0.25, 0.3) is 0 Å². The van der Waals surface area contributed by atoms with Gasteiger partial charge in [-0.1, -0.05) is 60.7 Å². The maximum Gasteiger partial charge on any atom is 0.142 e. The Hall–Kier alpha value is -1.64. The van der Waals surface area contributed by atoms with Gasteiger partial charge >= 0.3 is 0 Å². The molecule has 0 aliphatic rings. The van der Waals surface area contributed by atoms with Crippen LogP contribution in [-0.4, -0.2) is 11.1 Å². The third-order valence-corrected chi connectivity index (χ3v) is 3.26. The third-order valence-electron chi connectivity index (χ3n) is 3.26. The predicted octanol–water partition coefficient (Wildman–Crippen LogP) is 2.43. The van der Waals surface area contributed by atoms with E-state index in [9.17, 15) is 5.11 Å². The molecule has 0 aliphatic heterocycles. The summed E-state index contributed by atoms with van der Waals surface area (Å²) in [6.07, 6.45) is -0.494. The van der Waals surface area contributed by atoms with Crippen molar-refractivity contribution in [1.29, 1.82) is 0 Å². The average Bonchev–Trinajstić information content (AvgIpc) is 2.46. The predicted molar refractivity (Wildman–Crippen MR) is 77.6 cm³/mol. The average molecular weight is 256 g/mol. The molecule has 19 heavy (non-hydrogen) atoms. The van der Waals surface area contributed by atoms with Crippen LogP contribution in [0.5, 0.6) is 0 Å². The maximum absolute atomic E-state index is 10.7. The van der Waals surface area contributed by atoms with Crippen LogP contribution in [0.3, 0.4) is 0 Å². The van der Waals surface area contributed by atoms with Gasteiger partial charge in [-0.15, -0.1) is 0 Å². The van der Waals surface area contributed by atoms with E-state index in [-0.39, 0.29) is 6.04 Å². The fourth-order valence-electron chi connectivity index (χ4n) is 2.35. The molecule has 0 saturated heterocycles. The van der Waals surface area contributed by atoms with Gasteiger partial charge in [0.15, 0.2) is 0 Å². The molecule has 2 rings (SSSR count). The largest absolute Gasteiger partial charge is 0.382 e. The van der Waals surface area contributed by atoms with Crippen LogP contribution < -0.4 is 5.32 Å². The van der Waals surface area contributed by atoms with E-state index in [1.165, 1.54) is 0 Å². The summed E-state index contributed by atoms with van der Waals surface area (Å²) in [6.45, 7) is 4.29. The second-order valence-corrected chi connectivity index (χ2v) is 5.23. The molecule has 2 nitrogen and oxygen atoms in total. The monoisotopic (exact) mass is 256 g/mol. The zero-order valence-electron chi connectivity index (χ0n) is 11.5. The van der Waals surface area contributed by atoms with Crippen molar-refractivity contribution < 1.29 is 10.4 Å². The van der Waals surface area contributed by atoms with Crippen molar-refractivity contribution >= 4 is 0 Å². The quantitative estimate of drug-likeness (QED) is 0.847. The molecule has 0 aromatic heterocycles. The van der Waals surface area contributed by atoms with Crippen LogP contribution in [0.4, 0.5) is 0 Å². The Kier molecular flexibility index (Phi) is 4.72. The van der Waals surface area contributed by atoms with Crippen LogP contribution >= 0.6 is 0 Å². The minimum Gasteiger partial charge on any atom is -0.382 e. The van der Waals surface area contributed by atoms with Crippen molar-refractivity contribution in [2.75, 3.05) is 0 Å². The zero-order chi connectivity index (χ0) is 13.7. The number of rotatable bonds is 5. The Bertz CT molecular complexity index is 481. The summed E-state index contributed by atoms with van der Waals surface area (Å²) in [5.41, 5.74) is 2.13. The first-order chi connectivity index (χ1) is 9.18. The van der Waals surface area contributed by atoms with E-state index in [1.807, 2.05) is 48.5 Å². The second kappa shape index (κ2) is 6.50. The summed E-state index contributed by atoms with van der Waals surface area (Å²) in [5, 5.41) is 12.9. The van der Waals surface area contributed by atoms with Gasteiger partial charge in [0.05, 0.1) is 6.04 Å². The van der Waals surface area contributed by atoms with Gasteiger partial charge in [0.2, 0.25) is 0 Å². The van der Waals surface area contributed by atoms with E-state index in [1.54, 1.807) is 0 Å². The highest BCUT2D eigenvalue weighted by molar-refractivity contribution is 5.24. The SMILES string of the molecule is CC(C)[NH2+][C@@H](c1ccccc1)[C@H](O)c1ccccc1. The fourth-order valence-corrected chi connectivity index (χ4v) is 2.35. The lowest BCUT2D eigenvalue weighted by Crippen LogP contribution is -2.90. The van der Waals surface area contributed by atoms with Crippen LogP contribution in [0.1, 0.15) is 37.1 Å². The lowest BCUT2D eigenvalue weighted by molar-refractivity contribution is -0.730. The summed E-state index contributed by atoms with van der Waals surface area (Å²) in [5.74, 6) is 0. The zero-order valence-corrected chi connectivity index (χ0v) is 11.5. The molecule has 2 heteroatoms. The van der Waals surface area contributed by atoms with Crippen molar-refractivity contribution in [3.05, 3.63) is 71.8 Å². The molecular weight excluding hydrogens is 234 g/mol. The van der Waals surface area contributed by atoms with Gasteiger partial charge < -0.3 is 10.4 Å². The van der Waals surface area contributed by atoms with Gasteiger partial charge in [-0.2, -0.15) is 0 Å². The standard InChI is InChI=1S/C17H21NO/c1-13(2)18-16(14-9-5-3-6-10-14)17(19)15-11-7-4-8-12-15/h3-13,16-19H,1-2H3/p+1/t16-,17+/m0/s1. The van der Waals surface area contributed by atoms with E-state index in [0.29, 0.717) is 6.04 Å². The number of hydrogen-bond donors (Lipinski definition) is 2. The molecule has 0 aliphatic carbocycles. The molecule has 0 heterocycles. The highest BCUT2D eigenvalue weighted by atomic mass is 16.3. The minimum absolute atomic E-state index is 0.0311. The normalized spacial score (nSPS) is 14.3. The third kappa shape index (κ3) is 3.66. The van der Waals surface area contributed by atoms with Crippen LogP contribution in [0.25, 0.3) is 0 Å². The molecule has 2 atom stereocenters. The molecule has 0 spiro atoms. The smallest absolute Gasteiger partial charge is 0.142 e. The lowest BCUT2D eigenvalue weighted by atomic mass is 9.95. The van der Waals surface area contributed by atoms with Gasteiger partial charge in [-0.25, -0.2) is 0 Å². The maximum atomic E-state index is 10.7.